The molecule has 0 aromatic carbocycles. The number of aromatic nitrogens is 1. The van der Waals surface area contributed by atoms with E-state index in [2.05, 4.69) is 30.7 Å². The second-order valence-corrected chi connectivity index (χ2v) is 8.87. The number of hydrogen-bond donors (Lipinski definition) is 1. The number of fused-ring (bicyclic) bond motifs is 2. The molecule has 1 saturated carbocycles. The van der Waals surface area contributed by atoms with Crippen molar-refractivity contribution in [2.45, 2.75) is 45.6 Å². The van der Waals surface area contributed by atoms with E-state index in [1.165, 1.54) is 6.42 Å². The summed E-state index contributed by atoms with van der Waals surface area (Å²) in [6.07, 6.45) is 5.24. The molecule has 5 heteroatoms. The summed E-state index contributed by atoms with van der Waals surface area (Å²) in [5.74, 6) is 0.370. The van der Waals surface area contributed by atoms with Crippen molar-refractivity contribution in [2.75, 3.05) is 26.7 Å². The van der Waals surface area contributed by atoms with Crippen molar-refractivity contribution in [2.24, 2.45) is 23.0 Å². The van der Waals surface area contributed by atoms with E-state index in [4.69, 9.17) is 10.5 Å². The standard InChI is InChI=1S/C20H31N3O2/c1-19(2,3)13-23-11-15-6-5-7-16(12-23)20(15,25-4)14-8-9-22-17(10-14)18(21)24/h8-10,15-16H,5-7,11-13H2,1-4H3,(H2,21,24)/t15-,16+,20?. The molecule has 3 atom stereocenters. The number of rotatable bonds is 4. The molecular formula is C20H31N3O2. The van der Waals surface area contributed by atoms with E-state index in [-0.39, 0.29) is 11.0 Å². The Kier molecular flexibility index (Phi) is 4.91. The summed E-state index contributed by atoms with van der Waals surface area (Å²) >= 11 is 0. The number of carbonyl (C=O) groups excluding carboxylic acids is 1. The van der Waals surface area contributed by atoms with Crippen LogP contribution in [0.5, 0.6) is 0 Å². The summed E-state index contributed by atoms with van der Waals surface area (Å²) in [6.45, 7) is 10.1. The van der Waals surface area contributed by atoms with Gasteiger partial charge in [0.25, 0.3) is 5.91 Å². The van der Waals surface area contributed by atoms with Gasteiger partial charge in [0.1, 0.15) is 11.3 Å². The zero-order valence-corrected chi connectivity index (χ0v) is 15.9. The van der Waals surface area contributed by atoms with E-state index in [0.717, 1.165) is 38.0 Å². The molecule has 1 amide bonds. The molecule has 1 aliphatic heterocycles. The maximum Gasteiger partial charge on any atom is 0.267 e. The number of ether oxygens (including phenoxy) is 1. The highest BCUT2D eigenvalue weighted by atomic mass is 16.5. The van der Waals surface area contributed by atoms with Crippen molar-refractivity contribution in [1.82, 2.24) is 9.88 Å². The van der Waals surface area contributed by atoms with E-state index >= 15 is 0 Å². The van der Waals surface area contributed by atoms with Crippen molar-refractivity contribution in [3.8, 4) is 0 Å². The maximum absolute atomic E-state index is 11.6. The summed E-state index contributed by atoms with van der Waals surface area (Å²) in [5.41, 5.74) is 6.79. The van der Waals surface area contributed by atoms with Gasteiger partial charge in [-0.3, -0.25) is 9.78 Å². The molecule has 1 aliphatic carbocycles. The van der Waals surface area contributed by atoms with Crippen LogP contribution in [0.25, 0.3) is 0 Å². The second kappa shape index (κ2) is 6.69. The smallest absolute Gasteiger partial charge is 0.267 e. The first-order valence-corrected chi connectivity index (χ1v) is 9.30. The van der Waals surface area contributed by atoms with Crippen LogP contribution in [0.15, 0.2) is 18.3 Å². The Morgan fingerprint density at radius 2 is 2.00 bits per heavy atom. The lowest BCUT2D eigenvalue weighted by Gasteiger charge is -2.56. The van der Waals surface area contributed by atoms with Crippen LogP contribution >= 0.6 is 0 Å². The molecule has 2 aliphatic rings. The number of primary amides is 1. The number of pyridine rings is 1. The molecule has 2 bridgehead atoms. The van der Waals surface area contributed by atoms with Gasteiger partial charge >= 0.3 is 0 Å². The van der Waals surface area contributed by atoms with Crippen LogP contribution in [0.2, 0.25) is 0 Å². The van der Waals surface area contributed by atoms with Crippen molar-refractivity contribution in [1.29, 1.82) is 0 Å². The second-order valence-electron chi connectivity index (χ2n) is 8.87. The van der Waals surface area contributed by atoms with Gasteiger partial charge < -0.3 is 15.4 Å². The first kappa shape index (κ1) is 18.3. The van der Waals surface area contributed by atoms with E-state index in [0.29, 0.717) is 17.5 Å². The van der Waals surface area contributed by atoms with E-state index in [1.807, 2.05) is 19.2 Å². The first-order chi connectivity index (χ1) is 11.8. The molecule has 2 N–H and O–H groups in total. The summed E-state index contributed by atoms with van der Waals surface area (Å²) in [6, 6.07) is 3.84. The van der Waals surface area contributed by atoms with Gasteiger partial charge in [0, 0.05) is 44.8 Å². The minimum atomic E-state index is -0.483. The quantitative estimate of drug-likeness (QED) is 0.911. The third-order valence-electron chi connectivity index (χ3n) is 5.77. The van der Waals surface area contributed by atoms with Gasteiger partial charge in [0.05, 0.1) is 0 Å². The Hall–Kier alpha value is -1.46. The Morgan fingerprint density at radius 3 is 2.52 bits per heavy atom. The summed E-state index contributed by atoms with van der Waals surface area (Å²) in [4.78, 5) is 18.3. The molecule has 0 radical (unpaired) electrons. The van der Waals surface area contributed by atoms with Crippen LogP contribution in [0.1, 0.15) is 56.1 Å². The predicted octanol–water partition coefficient (Wildman–Crippen LogP) is 2.80. The molecular weight excluding hydrogens is 314 g/mol. The third-order valence-corrected chi connectivity index (χ3v) is 5.77. The zero-order valence-electron chi connectivity index (χ0n) is 15.9. The lowest BCUT2D eigenvalue weighted by Crippen LogP contribution is -2.60. The Labute approximate surface area is 150 Å². The molecule has 2 heterocycles. The SMILES string of the molecule is COC1(c2ccnc(C(N)=O)c2)[C@@H]2CCC[C@H]1CN(CC(C)(C)C)C2. The summed E-state index contributed by atoms with van der Waals surface area (Å²) in [5, 5.41) is 0. The number of hydrogen-bond acceptors (Lipinski definition) is 4. The first-order valence-electron chi connectivity index (χ1n) is 9.30. The molecule has 0 spiro atoms. The number of nitrogens with zero attached hydrogens (tertiary/aromatic N) is 2. The number of nitrogens with two attached hydrogens (primary N) is 1. The molecule has 5 nitrogen and oxygen atoms in total. The van der Waals surface area contributed by atoms with Crippen LogP contribution in [-0.4, -0.2) is 42.5 Å². The molecule has 1 saturated heterocycles. The van der Waals surface area contributed by atoms with Crippen LogP contribution in [-0.2, 0) is 10.3 Å². The van der Waals surface area contributed by atoms with Crippen LogP contribution in [0.4, 0.5) is 0 Å². The normalized spacial score (nSPS) is 30.2. The minimum absolute atomic E-state index is 0.289. The molecule has 2 fully saturated rings. The van der Waals surface area contributed by atoms with E-state index < -0.39 is 5.91 Å². The highest BCUT2D eigenvalue weighted by molar-refractivity contribution is 5.90. The number of methoxy groups -OCH3 is 1. The summed E-state index contributed by atoms with van der Waals surface area (Å²) in [7, 11) is 1.81. The molecule has 1 aromatic heterocycles. The van der Waals surface area contributed by atoms with Gasteiger partial charge in [-0.1, -0.05) is 27.2 Å². The molecule has 3 rings (SSSR count). The fourth-order valence-electron chi connectivity index (χ4n) is 5.06. The molecule has 1 aromatic rings. The summed E-state index contributed by atoms with van der Waals surface area (Å²) < 4.78 is 6.24. The Morgan fingerprint density at radius 1 is 1.36 bits per heavy atom. The fourth-order valence-corrected chi connectivity index (χ4v) is 5.06. The van der Waals surface area contributed by atoms with Crippen molar-refractivity contribution in [3.05, 3.63) is 29.6 Å². The molecule has 1 unspecified atom stereocenters. The van der Waals surface area contributed by atoms with Gasteiger partial charge in [0.15, 0.2) is 0 Å². The monoisotopic (exact) mass is 345 g/mol. The average Bonchev–Trinajstić information content (AvgIpc) is 2.52. The van der Waals surface area contributed by atoms with Crippen molar-refractivity contribution in [3.63, 3.8) is 0 Å². The highest BCUT2D eigenvalue weighted by Gasteiger charge is 2.53. The Bertz CT molecular complexity index is 624. The lowest BCUT2D eigenvalue weighted by atomic mass is 9.62. The van der Waals surface area contributed by atoms with Crippen LogP contribution < -0.4 is 5.73 Å². The van der Waals surface area contributed by atoms with Gasteiger partial charge in [-0.2, -0.15) is 0 Å². The Balaban J connectivity index is 1.96. The predicted molar refractivity (Wildman–Crippen MR) is 98.2 cm³/mol. The van der Waals surface area contributed by atoms with Gasteiger partial charge in [0.2, 0.25) is 0 Å². The average molecular weight is 345 g/mol. The van der Waals surface area contributed by atoms with Crippen molar-refractivity contribution < 1.29 is 9.53 Å². The zero-order chi connectivity index (χ0) is 18.2. The highest BCUT2D eigenvalue weighted by Crippen LogP contribution is 2.51. The number of amides is 1. The van der Waals surface area contributed by atoms with Gasteiger partial charge in [-0.25, -0.2) is 0 Å². The third kappa shape index (κ3) is 3.44. The number of piperidine rings is 1. The minimum Gasteiger partial charge on any atom is -0.373 e. The fraction of sp³-hybridized carbons (Fsp3) is 0.700. The van der Waals surface area contributed by atoms with E-state index in [1.54, 1.807) is 6.20 Å². The maximum atomic E-state index is 11.6. The largest absolute Gasteiger partial charge is 0.373 e. The number of carbonyl (C=O) groups is 1. The topological polar surface area (TPSA) is 68.5 Å². The van der Waals surface area contributed by atoms with Crippen LogP contribution in [0, 0.1) is 17.3 Å². The molecule has 25 heavy (non-hydrogen) atoms. The molecule has 138 valence electrons. The van der Waals surface area contributed by atoms with Gasteiger partial charge in [-0.05, 0) is 36.0 Å². The lowest BCUT2D eigenvalue weighted by molar-refractivity contribution is -0.171. The van der Waals surface area contributed by atoms with E-state index in [9.17, 15) is 4.79 Å². The van der Waals surface area contributed by atoms with Crippen molar-refractivity contribution >= 4 is 5.91 Å². The number of likely N-dealkylation sites (tertiary alicyclic amines) is 1. The van der Waals surface area contributed by atoms with Crippen LogP contribution in [0.3, 0.4) is 0 Å². The van der Waals surface area contributed by atoms with Gasteiger partial charge in [-0.15, -0.1) is 0 Å².